The van der Waals surface area contributed by atoms with Gasteiger partial charge in [-0.3, -0.25) is 19.4 Å². The van der Waals surface area contributed by atoms with Gasteiger partial charge in [0.15, 0.2) is 0 Å². The van der Waals surface area contributed by atoms with Gasteiger partial charge in [0.25, 0.3) is 0 Å². The van der Waals surface area contributed by atoms with Crippen molar-refractivity contribution >= 4 is 11.8 Å². The van der Waals surface area contributed by atoms with E-state index in [9.17, 15) is 9.59 Å². The molecule has 6 heteroatoms. The van der Waals surface area contributed by atoms with E-state index in [1.165, 1.54) is 0 Å². The molecular formula is C19H36N4O2. The Hall–Kier alpha value is -1.14. The summed E-state index contributed by atoms with van der Waals surface area (Å²) in [6.07, 6.45) is 1.59. The van der Waals surface area contributed by atoms with Crippen molar-refractivity contribution in [3.63, 3.8) is 0 Å². The maximum atomic E-state index is 12.6. The first-order chi connectivity index (χ1) is 11.8. The molecule has 2 heterocycles. The van der Waals surface area contributed by atoms with E-state index in [0.29, 0.717) is 25.7 Å². The van der Waals surface area contributed by atoms with E-state index in [1.807, 2.05) is 30.7 Å². The van der Waals surface area contributed by atoms with Gasteiger partial charge in [-0.1, -0.05) is 0 Å². The summed E-state index contributed by atoms with van der Waals surface area (Å²) in [7, 11) is 1.88. The second kappa shape index (κ2) is 8.99. The minimum absolute atomic E-state index is 0.0750. The summed E-state index contributed by atoms with van der Waals surface area (Å²) in [4.78, 5) is 33.5. The van der Waals surface area contributed by atoms with Crippen LogP contribution in [0.15, 0.2) is 0 Å². The van der Waals surface area contributed by atoms with Crippen LogP contribution in [-0.2, 0) is 9.59 Å². The first-order valence-electron chi connectivity index (χ1n) is 9.80. The molecule has 0 aromatic rings. The highest BCUT2D eigenvalue weighted by atomic mass is 16.2. The molecule has 0 bridgehead atoms. The number of carbonyl (C=O) groups is 2. The molecule has 2 amide bonds. The monoisotopic (exact) mass is 352 g/mol. The standard InChI is InChI=1S/C19H36N4O2/c1-15(2)20(5)19(25)17-6-8-23(9-7-17)18(24)14-21-10-12-22(13-11-21)16(3)4/h15-17H,6-14H2,1-5H3. The van der Waals surface area contributed by atoms with Gasteiger partial charge in [0.05, 0.1) is 6.54 Å². The molecule has 2 aliphatic rings. The lowest BCUT2D eigenvalue weighted by molar-refractivity contribution is -0.141. The minimum Gasteiger partial charge on any atom is -0.343 e. The van der Waals surface area contributed by atoms with Crippen molar-refractivity contribution < 1.29 is 9.59 Å². The summed E-state index contributed by atoms with van der Waals surface area (Å²) < 4.78 is 0. The van der Waals surface area contributed by atoms with Crippen LogP contribution in [0.5, 0.6) is 0 Å². The summed E-state index contributed by atoms with van der Waals surface area (Å²) in [5.41, 5.74) is 0. The molecule has 0 aromatic carbocycles. The largest absolute Gasteiger partial charge is 0.343 e. The van der Waals surface area contributed by atoms with Crippen LogP contribution >= 0.6 is 0 Å². The molecule has 0 unspecified atom stereocenters. The Morgan fingerprint density at radius 3 is 2.00 bits per heavy atom. The molecule has 2 saturated heterocycles. The summed E-state index contributed by atoms with van der Waals surface area (Å²) in [5.74, 6) is 0.527. The number of likely N-dealkylation sites (tertiary alicyclic amines) is 1. The van der Waals surface area contributed by atoms with Gasteiger partial charge in [0.2, 0.25) is 11.8 Å². The van der Waals surface area contributed by atoms with Crippen LogP contribution in [0.25, 0.3) is 0 Å². The third-order valence-electron chi connectivity index (χ3n) is 5.82. The van der Waals surface area contributed by atoms with Gasteiger partial charge in [0, 0.05) is 64.3 Å². The minimum atomic E-state index is 0.0750. The lowest BCUT2D eigenvalue weighted by Crippen LogP contribution is -2.52. The zero-order valence-electron chi connectivity index (χ0n) is 16.7. The van der Waals surface area contributed by atoms with Crippen molar-refractivity contribution in [2.75, 3.05) is 52.9 Å². The molecule has 0 spiro atoms. The summed E-state index contributed by atoms with van der Waals surface area (Å²) in [5, 5.41) is 0. The zero-order chi connectivity index (χ0) is 18.6. The van der Waals surface area contributed by atoms with Crippen LogP contribution in [0.1, 0.15) is 40.5 Å². The average molecular weight is 353 g/mol. The van der Waals surface area contributed by atoms with Crippen LogP contribution in [-0.4, -0.2) is 96.4 Å². The van der Waals surface area contributed by atoms with E-state index in [4.69, 9.17) is 0 Å². The SMILES string of the molecule is CC(C)N1CCN(CC(=O)N2CCC(C(=O)N(C)C(C)C)CC2)CC1. The van der Waals surface area contributed by atoms with Crippen LogP contribution < -0.4 is 0 Å². The Morgan fingerprint density at radius 1 is 0.960 bits per heavy atom. The molecule has 2 rings (SSSR count). The van der Waals surface area contributed by atoms with Gasteiger partial charge in [-0.05, 0) is 40.5 Å². The smallest absolute Gasteiger partial charge is 0.236 e. The van der Waals surface area contributed by atoms with Gasteiger partial charge >= 0.3 is 0 Å². The van der Waals surface area contributed by atoms with Gasteiger partial charge < -0.3 is 9.80 Å². The predicted molar refractivity (Wildman–Crippen MR) is 100 cm³/mol. The fourth-order valence-corrected chi connectivity index (χ4v) is 3.65. The van der Waals surface area contributed by atoms with E-state index < -0.39 is 0 Å². The zero-order valence-corrected chi connectivity index (χ0v) is 16.7. The Kier molecular flexibility index (Phi) is 7.25. The molecule has 6 nitrogen and oxygen atoms in total. The number of piperidine rings is 1. The highest BCUT2D eigenvalue weighted by molar-refractivity contribution is 5.81. The highest BCUT2D eigenvalue weighted by Gasteiger charge is 2.30. The first-order valence-corrected chi connectivity index (χ1v) is 9.80. The summed E-state index contributed by atoms with van der Waals surface area (Å²) >= 11 is 0. The summed E-state index contributed by atoms with van der Waals surface area (Å²) in [6.45, 7) is 14.5. The van der Waals surface area contributed by atoms with Gasteiger partial charge in [-0.25, -0.2) is 0 Å². The van der Waals surface area contributed by atoms with E-state index in [2.05, 4.69) is 23.6 Å². The van der Waals surface area contributed by atoms with Crippen LogP contribution in [0.3, 0.4) is 0 Å². The highest BCUT2D eigenvalue weighted by Crippen LogP contribution is 2.20. The average Bonchev–Trinajstić information content (AvgIpc) is 2.60. The number of hydrogen-bond acceptors (Lipinski definition) is 4. The van der Waals surface area contributed by atoms with Gasteiger partial charge in [0.1, 0.15) is 0 Å². The lowest BCUT2D eigenvalue weighted by atomic mass is 9.95. The quantitative estimate of drug-likeness (QED) is 0.744. The third-order valence-corrected chi connectivity index (χ3v) is 5.82. The molecular weight excluding hydrogens is 316 g/mol. The Labute approximate surface area is 153 Å². The maximum absolute atomic E-state index is 12.6. The van der Waals surface area contributed by atoms with Crippen LogP contribution in [0, 0.1) is 5.92 Å². The number of hydrogen-bond donors (Lipinski definition) is 0. The van der Waals surface area contributed by atoms with Crippen LogP contribution in [0.4, 0.5) is 0 Å². The van der Waals surface area contributed by atoms with Gasteiger partial charge in [-0.2, -0.15) is 0 Å². The third kappa shape index (κ3) is 5.42. The maximum Gasteiger partial charge on any atom is 0.236 e. The second-order valence-electron chi connectivity index (χ2n) is 8.10. The van der Waals surface area contributed by atoms with Crippen molar-refractivity contribution in [2.24, 2.45) is 5.92 Å². The van der Waals surface area contributed by atoms with Crippen molar-refractivity contribution in [3.05, 3.63) is 0 Å². The Balaban J connectivity index is 1.74. The Morgan fingerprint density at radius 2 is 1.52 bits per heavy atom. The number of piperazine rings is 1. The molecule has 0 aliphatic carbocycles. The number of nitrogens with zero attached hydrogens (tertiary/aromatic N) is 4. The lowest BCUT2D eigenvalue weighted by Gasteiger charge is -2.38. The molecule has 0 N–H and O–H groups in total. The normalized spacial score (nSPS) is 21.2. The van der Waals surface area contributed by atoms with E-state index in [-0.39, 0.29) is 23.8 Å². The number of carbonyl (C=O) groups excluding carboxylic acids is 2. The fraction of sp³-hybridized carbons (Fsp3) is 0.895. The van der Waals surface area contributed by atoms with E-state index in [1.54, 1.807) is 0 Å². The molecule has 2 fully saturated rings. The molecule has 0 atom stereocenters. The molecule has 144 valence electrons. The number of amides is 2. The number of rotatable bonds is 5. The molecule has 25 heavy (non-hydrogen) atoms. The van der Waals surface area contributed by atoms with E-state index >= 15 is 0 Å². The molecule has 0 aromatic heterocycles. The molecule has 0 radical (unpaired) electrons. The predicted octanol–water partition coefficient (Wildman–Crippen LogP) is 1.12. The first kappa shape index (κ1) is 20.2. The molecule has 0 saturated carbocycles. The topological polar surface area (TPSA) is 47.1 Å². The van der Waals surface area contributed by atoms with E-state index in [0.717, 1.165) is 39.0 Å². The van der Waals surface area contributed by atoms with Crippen molar-refractivity contribution in [3.8, 4) is 0 Å². The second-order valence-corrected chi connectivity index (χ2v) is 8.10. The Bertz CT molecular complexity index is 450. The molecule has 2 aliphatic heterocycles. The van der Waals surface area contributed by atoms with Gasteiger partial charge in [-0.15, -0.1) is 0 Å². The van der Waals surface area contributed by atoms with Crippen LogP contribution in [0.2, 0.25) is 0 Å². The van der Waals surface area contributed by atoms with Crippen molar-refractivity contribution in [1.29, 1.82) is 0 Å². The fourth-order valence-electron chi connectivity index (χ4n) is 3.65. The summed E-state index contributed by atoms with van der Waals surface area (Å²) in [6, 6.07) is 0.815. The van der Waals surface area contributed by atoms with Crippen molar-refractivity contribution in [2.45, 2.75) is 52.6 Å². The van der Waals surface area contributed by atoms with Crippen molar-refractivity contribution in [1.82, 2.24) is 19.6 Å².